The van der Waals surface area contributed by atoms with Crippen molar-refractivity contribution >= 4 is 34.1 Å². The highest BCUT2D eigenvalue weighted by atomic mass is 32.2. The molecule has 0 spiro atoms. The molecule has 0 unspecified atom stereocenters. The van der Waals surface area contributed by atoms with E-state index in [1.807, 2.05) is 0 Å². The standard InChI is InChI=1S/C15H11F3N4OS2/c16-15(17,18)10-2-1-3-11(8-10)22-6-4-20-14(22)25-9-12(23)21-13-19-5-7-24-13/h1-8H,9H2,(H,19,21,23). The van der Waals surface area contributed by atoms with E-state index < -0.39 is 11.7 Å². The minimum Gasteiger partial charge on any atom is -0.301 e. The summed E-state index contributed by atoms with van der Waals surface area (Å²) in [6, 6.07) is 4.94. The normalized spacial score (nSPS) is 11.5. The zero-order valence-electron chi connectivity index (χ0n) is 12.5. The number of thioether (sulfide) groups is 1. The van der Waals surface area contributed by atoms with Crippen molar-refractivity contribution in [3.8, 4) is 5.69 Å². The summed E-state index contributed by atoms with van der Waals surface area (Å²) in [5, 5.41) is 5.29. The number of rotatable bonds is 5. The Kier molecular flexibility index (Phi) is 5.09. The van der Waals surface area contributed by atoms with Crippen LogP contribution in [0.4, 0.5) is 18.3 Å². The number of nitrogens with one attached hydrogen (secondary N) is 1. The SMILES string of the molecule is O=C(CSc1nccn1-c1cccc(C(F)(F)F)c1)Nc1nccs1. The summed E-state index contributed by atoms with van der Waals surface area (Å²) in [6.45, 7) is 0. The van der Waals surface area contributed by atoms with Crippen LogP contribution in [0.25, 0.3) is 5.69 Å². The molecule has 130 valence electrons. The number of nitrogens with zero attached hydrogens (tertiary/aromatic N) is 3. The fraction of sp³-hybridized carbons (Fsp3) is 0.133. The van der Waals surface area contributed by atoms with Crippen LogP contribution in [-0.2, 0) is 11.0 Å². The lowest BCUT2D eigenvalue weighted by Crippen LogP contribution is -2.14. The van der Waals surface area contributed by atoms with Gasteiger partial charge in [-0.15, -0.1) is 11.3 Å². The van der Waals surface area contributed by atoms with Crippen molar-refractivity contribution in [2.45, 2.75) is 11.3 Å². The molecule has 0 saturated carbocycles. The number of hydrogen-bond donors (Lipinski definition) is 1. The van der Waals surface area contributed by atoms with Crippen LogP contribution in [0.15, 0.2) is 53.4 Å². The van der Waals surface area contributed by atoms with Crippen LogP contribution >= 0.6 is 23.1 Å². The third kappa shape index (κ3) is 4.40. The molecule has 5 nitrogen and oxygen atoms in total. The van der Waals surface area contributed by atoms with Gasteiger partial charge in [-0.1, -0.05) is 17.8 Å². The summed E-state index contributed by atoms with van der Waals surface area (Å²) >= 11 is 2.43. The fourth-order valence-electron chi connectivity index (χ4n) is 2.00. The summed E-state index contributed by atoms with van der Waals surface area (Å²) in [6.07, 6.45) is 0.184. The van der Waals surface area contributed by atoms with Crippen molar-refractivity contribution < 1.29 is 18.0 Å². The topological polar surface area (TPSA) is 59.8 Å². The molecular formula is C15H11F3N4OS2. The van der Waals surface area contributed by atoms with E-state index in [4.69, 9.17) is 0 Å². The average Bonchev–Trinajstić information content (AvgIpc) is 3.23. The quantitative estimate of drug-likeness (QED) is 0.674. The highest BCUT2D eigenvalue weighted by Crippen LogP contribution is 2.31. The number of imidazole rings is 1. The van der Waals surface area contributed by atoms with Gasteiger partial charge in [0.05, 0.1) is 11.3 Å². The molecule has 0 aliphatic rings. The maximum Gasteiger partial charge on any atom is 0.416 e. The number of aromatic nitrogens is 3. The number of hydrogen-bond acceptors (Lipinski definition) is 5. The second kappa shape index (κ2) is 7.28. The minimum atomic E-state index is -4.42. The van der Waals surface area contributed by atoms with E-state index in [-0.39, 0.29) is 11.7 Å². The summed E-state index contributed by atoms with van der Waals surface area (Å²) in [4.78, 5) is 19.9. The van der Waals surface area contributed by atoms with Gasteiger partial charge >= 0.3 is 6.18 Å². The summed E-state index contributed by atoms with van der Waals surface area (Å²) in [5.41, 5.74) is -0.411. The van der Waals surface area contributed by atoms with E-state index in [1.54, 1.807) is 23.8 Å². The molecule has 10 heteroatoms. The largest absolute Gasteiger partial charge is 0.416 e. The maximum absolute atomic E-state index is 12.9. The first-order chi connectivity index (χ1) is 11.9. The fourth-order valence-corrected chi connectivity index (χ4v) is 3.31. The zero-order chi connectivity index (χ0) is 17.9. The van der Waals surface area contributed by atoms with Crippen molar-refractivity contribution in [3.63, 3.8) is 0 Å². The maximum atomic E-state index is 12.9. The molecular weight excluding hydrogens is 373 g/mol. The predicted octanol–water partition coefficient (Wildman–Crippen LogP) is 4.08. The molecule has 1 aromatic carbocycles. The van der Waals surface area contributed by atoms with E-state index in [1.165, 1.54) is 28.2 Å². The molecule has 1 N–H and O–H groups in total. The smallest absolute Gasteiger partial charge is 0.301 e. The second-order valence-electron chi connectivity index (χ2n) is 4.80. The van der Waals surface area contributed by atoms with E-state index in [2.05, 4.69) is 15.3 Å². The van der Waals surface area contributed by atoms with Crippen LogP contribution in [0.2, 0.25) is 0 Å². The van der Waals surface area contributed by atoms with Crippen LogP contribution in [0, 0.1) is 0 Å². The zero-order valence-corrected chi connectivity index (χ0v) is 14.2. The van der Waals surface area contributed by atoms with Gasteiger partial charge in [-0.05, 0) is 18.2 Å². The molecule has 0 atom stereocenters. The van der Waals surface area contributed by atoms with E-state index in [0.717, 1.165) is 23.9 Å². The Labute approximate surface area is 148 Å². The van der Waals surface area contributed by atoms with Gasteiger partial charge in [0.2, 0.25) is 5.91 Å². The summed E-state index contributed by atoms with van der Waals surface area (Å²) in [7, 11) is 0. The van der Waals surface area contributed by atoms with Crippen LogP contribution in [0.1, 0.15) is 5.56 Å². The van der Waals surface area contributed by atoms with Gasteiger partial charge in [-0.25, -0.2) is 9.97 Å². The number of amides is 1. The molecule has 2 heterocycles. The summed E-state index contributed by atoms with van der Waals surface area (Å²) < 4.78 is 40.1. The van der Waals surface area contributed by atoms with Crippen molar-refractivity contribution in [2.24, 2.45) is 0 Å². The first-order valence-electron chi connectivity index (χ1n) is 6.96. The van der Waals surface area contributed by atoms with Gasteiger partial charge in [-0.2, -0.15) is 13.2 Å². The first kappa shape index (κ1) is 17.5. The van der Waals surface area contributed by atoms with Gasteiger partial charge in [-0.3, -0.25) is 9.36 Å². The number of carbonyl (C=O) groups is 1. The van der Waals surface area contributed by atoms with Crippen LogP contribution in [-0.4, -0.2) is 26.2 Å². The van der Waals surface area contributed by atoms with Crippen LogP contribution in [0.5, 0.6) is 0 Å². The Morgan fingerprint density at radius 3 is 2.84 bits per heavy atom. The van der Waals surface area contributed by atoms with Gasteiger partial charge in [0.25, 0.3) is 0 Å². The van der Waals surface area contributed by atoms with Crippen molar-refractivity contribution in [3.05, 3.63) is 53.8 Å². The highest BCUT2D eigenvalue weighted by Gasteiger charge is 2.30. The molecule has 0 saturated heterocycles. The van der Waals surface area contributed by atoms with Crippen molar-refractivity contribution in [1.29, 1.82) is 0 Å². The van der Waals surface area contributed by atoms with Gasteiger partial charge in [0.15, 0.2) is 10.3 Å². The van der Waals surface area contributed by atoms with E-state index in [9.17, 15) is 18.0 Å². The summed E-state index contributed by atoms with van der Waals surface area (Å²) in [5.74, 6) is -0.200. The van der Waals surface area contributed by atoms with E-state index >= 15 is 0 Å². The Bertz CT molecular complexity index is 862. The number of thiazole rings is 1. The molecule has 0 fully saturated rings. The Morgan fingerprint density at radius 1 is 1.28 bits per heavy atom. The predicted molar refractivity (Wildman–Crippen MR) is 90.0 cm³/mol. The third-order valence-corrected chi connectivity index (χ3v) is 4.72. The third-order valence-electron chi connectivity index (χ3n) is 3.07. The molecule has 0 bridgehead atoms. The minimum absolute atomic E-state index is 0.0650. The van der Waals surface area contributed by atoms with E-state index in [0.29, 0.717) is 16.0 Å². The van der Waals surface area contributed by atoms with Gasteiger partial charge in [0, 0.05) is 29.7 Å². The average molecular weight is 384 g/mol. The highest BCUT2D eigenvalue weighted by molar-refractivity contribution is 7.99. The van der Waals surface area contributed by atoms with Gasteiger partial charge < -0.3 is 5.32 Å². The molecule has 3 rings (SSSR count). The number of alkyl halides is 3. The lowest BCUT2D eigenvalue weighted by atomic mass is 10.2. The monoisotopic (exact) mass is 384 g/mol. The van der Waals surface area contributed by atoms with Crippen LogP contribution in [0.3, 0.4) is 0 Å². The van der Waals surface area contributed by atoms with Crippen molar-refractivity contribution in [1.82, 2.24) is 14.5 Å². The lowest BCUT2D eigenvalue weighted by Gasteiger charge is -2.11. The lowest BCUT2D eigenvalue weighted by molar-refractivity contribution is -0.137. The molecule has 0 radical (unpaired) electrons. The second-order valence-corrected chi connectivity index (χ2v) is 6.64. The first-order valence-corrected chi connectivity index (χ1v) is 8.83. The molecule has 3 aromatic rings. The Hall–Kier alpha value is -2.33. The molecule has 2 aromatic heterocycles. The molecule has 0 aliphatic carbocycles. The number of anilines is 1. The molecule has 0 aliphatic heterocycles. The number of benzene rings is 1. The van der Waals surface area contributed by atoms with Crippen molar-refractivity contribution in [2.75, 3.05) is 11.1 Å². The number of carbonyl (C=O) groups excluding carboxylic acids is 1. The Balaban J connectivity index is 1.72. The van der Waals surface area contributed by atoms with Crippen LogP contribution < -0.4 is 5.32 Å². The number of halogens is 3. The Morgan fingerprint density at radius 2 is 2.12 bits per heavy atom. The molecule has 25 heavy (non-hydrogen) atoms. The molecule has 1 amide bonds. The van der Waals surface area contributed by atoms with Gasteiger partial charge in [0.1, 0.15) is 0 Å².